The summed E-state index contributed by atoms with van der Waals surface area (Å²) in [6.07, 6.45) is 0.488. The van der Waals surface area contributed by atoms with Crippen LogP contribution in [-0.2, 0) is 6.54 Å². The van der Waals surface area contributed by atoms with Crippen molar-refractivity contribution in [1.29, 1.82) is 0 Å². The Balaban J connectivity index is 1.38. The molecule has 2 aromatic carbocycles. The lowest BCUT2D eigenvalue weighted by Gasteiger charge is -2.14. The van der Waals surface area contributed by atoms with Gasteiger partial charge in [0.05, 0.1) is 18.2 Å². The molecule has 27 heavy (non-hydrogen) atoms. The predicted molar refractivity (Wildman–Crippen MR) is 99.7 cm³/mol. The fourth-order valence-corrected chi connectivity index (χ4v) is 2.87. The molecule has 0 bridgehead atoms. The summed E-state index contributed by atoms with van der Waals surface area (Å²) in [7, 11) is 1.60. The van der Waals surface area contributed by atoms with Crippen LogP contribution < -0.4 is 15.4 Å². The lowest BCUT2D eigenvalue weighted by molar-refractivity contribution is 0.0653. The van der Waals surface area contributed by atoms with Crippen LogP contribution in [0.15, 0.2) is 48.5 Å². The van der Waals surface area contributed by atoms with E-state index in [0.717, 1.165) is 11.3 Å². The number of hydrogen-bond donors (Lipinski definition) is 2. The van der Waals surface area contributed by atoms with E-state index < -0.39 is 0 Å². The van der Waals surface area contributed by atoms with Crippen LogP contribution in [0.4, 0.5) is 4.79 Å². The third-order valence-electron chi connectivity index (χ3n) is 4.33. The van der Waals surface area contributed by atoms with E-state index in [0.29, 0.717) is 30.6 Å². The summed E-state index contributed by atoms with van der Waals surface area (Å²) in [5.74, 6) is 0.204. The molecule has 2 aromatic rings. The molecule has 0 aromatic heterocycles. The maximum atomic E-state index is 12.2. The fraction of sp³-hybridized carbons (Fsp3) is 0.250. The Hall–Kier alpha value is -3.35. The first-order valence-corrected chi connectivity index (χ1v) is 8.70. The number of hydrogen-bond acceptors (Lipinski definition) is 4. The van der Waals surface area contributed by atoms with Crippen LogP contribution in [0.1, 0.15) is 32.7 Å². The van der Waals surface area contributed by atoms with E-state index in [-0.39, 0.29) is 24.4 Å². The average molecular weight is 367 g/mol. The standard InChI is InChI=1S/C20H21N3O4/c1-27-15-9-7-14(8-10-15)13-22-20(26)21-11-4-12-23-18(24)16-5-2-3-6-17(16)19(23)25/h2-3,5-10H,4,11-13H2,1H3,(H2,21,22,26). The van der Waals surface area contributed by atoms with Crippen molar-refractivity contribution in [2.75, 3.05) is 20.2 Å². The molecule has 0 saturated carbocycles. The molecule has 140 valence electrons. The number of nitrogens with zero attached hydrogens (tertiary/aromatic N) is 1. The zero-order valence-electron chi connectivity index (χ0n) is 15.0. The van der Waals surface area contributed by atoms with Crippen molar-refractivity contribution >= 4 is 17.8 Å². The first kappa shape index (κ1) is 18.4. The van der Waals surface area contributed by atoms with Gasteiger partial charge in [-0.2, -0.15) is 0 Å². The van der Waals surface area contributed by atoms with Gasteiger partial charge in [-0.25, -0.2) is 4.79 Å². The summed E-state index contributed by atoms with van der Waals surface area (Å²) in [5.41, 5.74) is 1.83. The van der Waals surface area contributed by atoms with E-state index in [1.807, 2.05) is 24.3 Å². The van der Waals surface area contributed by atoms with Gasteiger partial charge >= 0.3 is 6.03 Å². The maximum Gasteiger partial charge on any atom is 0.315 e. The van der Waals surface area contributed by atoms with Crippen LogP contribution in [0, 0.1) is 0 Å². The molecular weight excluding hydrogens is 346 g/mol. The van der Waals surface area contributed by atoms with Gasteiger partial charge in [0.25, 0.3) is 11.8 Å². The SMILES string of the molecule is COc1ccc(CNC(=O)NCCCN2C(=O)c3ccccc3C2=O)cc1. The second-order valence-corrected chi connectivity index (χ2v) is 6.12. The Morgan fingerprint density at radius 2 is 1.59 bits per heavy atom. The van der Waals surface area contributed by atoms with Crippen LogP contribution >= 0.6 is 0 Å². The highest BCUT2D eigenvalue weighted by Crippen LogP contribution is 2.22. The number of rotatable bonds is 7. The molecule has 3 rings (SSSR count). The van der Waals surface area contributed by atoms with Gasteiger partial charge in [0.1, 0.15) is 5.75 Å². The first-order chi connectivity index (χ1) is 13.1. The Labute approximate surface area is 157 Å². The van der Waals surface area contributed by atoms with E-state index in [1.165, 1.54) is 4.90 Å². The number of benzene rings is 2. The highest BCUT2D eigenvalue weighted by Gasteiger charge is 2.34. The zero-order valence-corrected chi connectivity index (χ0v) is 15.0. The van der Waals surface area contributed by atoms with Crippen LogP contribution in [0.5, 0.6) is 5.75 Å². The predicted octanol–water partition coefficient (Wildman–Crippen LogP) is 2.18. The Kier molecular flexibility index (Phi) is 5.71. The third kappa shape index (κ3) is 4.25. The van der Waals surface area contributed by atoms with Crippen LogP contribution in [0.3, 0.4) is 0 Å². The number of carbonyl (C=O) groups excluding carboxylic acids is 3. The molecule has 0 atom stereocenters. The van der Waals surface area contributed by atoms with Gasteiger partial charge in [0.15, 0.2) is 0 Å². The van der Waals surface area contributed by atoms with Crippen molar-refractivity contribution in [2.45, 2.75) is 13.0 Å². The number of imide groups is 1. The summed E-state index contributed by atoms with van der Waals surface area (Å²) < 4.78 is 5.09. The van der Waals surface area contributed by atoms with Crippen LogP contribution in [-0.4, -0.2) is 42.9 Å². The molecular formula is C20H21N3O4. The van der Waals surface area contributed by atoms with Crippen molar-refractivity contribution in [1.82, 2.24) is 15.5 Å². The molecule has 0 spiro atoms. The summed E-state index contributed by atoms with van der Waals surface area (Å²) in [6, 6.07) is 13.9. The number of fused-ring (bicyclic) bond motifs is 1. The van der Waals surface area contributed by atoms with Crippen LogP contribution in [0.25, 0.3) is 0 Å². The molecule has 0 aliphatic carbocycles. The molecule has 1 aliphatic rings. The molecule has 4 amide bonds. The Morgan fingerprint density at radius 1 is 0.963 bits per heavy atom. The number of ether oxygens (including phenoxy) is 1. The number of nitrogens with one attached hydrogen (secondary N) is 2. The number of urea groups is 1. The lowest BCUT2D eigenvalue weighted by atomic mass is 10.1. The first-order valence-electron chi connectivity index (χ1n) is 8.70. The van der Waals surface area contributed by atoms with Crippen molar-refractivity contribution in [2.24, 2.45) is 0 Å². The normalized spacial score (nSPS) is 12.7. The highest BCUT2D eigenvalue weighted by molar-refractivity contribution is 6.21. The van der Waals surface area contributed by atoms with E-state index >= 15 is 0 Å². The largest absolute Gasteiger partial charge is 0.497 e. The topological polar surface area (TPSA) is 87.7 Å². The lowest BCUT2D eigenvalue weighted by Crippen LogP contribution is -2.37. The van der Waals surface area contributed by atoms with Crippen molar-refractivity contribution in [3.05, 3.63) is 65.2 Å². The molecule has 7 heteroatoms. The Bertz CT molecular complexity index is 814. The molecule has 0 unspecified atom stereocenters. The van der Waals surface area contributed by atoms with Crippen molar-refractivity contribution in [3.63, 3.8) is 0 Å². The van der Waals surface area contributed by atoms with Gasteiger partial charge < -0.3 is 15.4 Å². The van der Waals surface area contributed by atoms with Gasteiger partial charge in [0.2, 0.25) is 0 Å². The second-order valence-electron chi connectivity index (χ2n) is 6.12. The summed E-state index contributed by atoms with van der Waals surface area (Å²) in [6.45, 7) is 1.03. The van der Waals surface area contributed by atoms with E-state index in [2.05, 4.69) is 10.6 Å². The smallest absolute Gasteiger partial charge is 0.315 e. The van der Waals surface area contributed by atoms with Gasteiger partial charge in [-0.15, -0.1) is 0 Å². The third-order valence-corrected chi connectivity index (χ3v) is 4.33. The highest BCUT2D eigenvalue weighted by atomic mass is 16.5. The molecule has 7 nitrogen and oxygen atoms in total. The van der Waals surface area contributed by atoms with E-state index in [9.17, 15) is 14.4 Å². The van der Waals surface area contributed by atoms with Gasteiger partial charge in [-0.1, -0.05) is 24.3 Å². The van der Waals surface area contributed by atoms with Crippen molar-refractivity contribution < 1.29 is 19.1 Å². The Morgan fingerprint density at radius 3 is 2.19 bits per heavy atom. The van der Waals surface area contributed by atoms with Gasteiger partial charge in [-0.3, -0.25) is 14.5 Å². The van der Waals surface area contributed by atoms with Crippen LogP contribution in [0.2, 0.25) is 0 Å². The van der Waals surface area contributed by atoms with Crippen molar-refractivity contribution in [3.8, 4) is 5.75 Å². The van der Waals surface area contributed by atoms with Gasteiger partial charge in [-0.05, 0) is 36.2 Å². The average Bonchev–Trinajstić information content (AvgIpc) is 2.95. The summed E-state index contributed by atoms with van der Waals surface area (Å²) in [5, 5.41) is 5.48. The molecule has 0 radical (unpaired) electrons. The monoisotopic (exact) mass is 367 g/mol. The summed E-state index contributed by atoms with van der Waals surface area (Å²) >= 11 is 0. The molecule has 1 heterocycles. The second kappa shape index (κ2) is 8.35. The number of amides is 4. The fourth-order valence-electron chi connectivity index (χ4n) is 2.87. The number of methoxy groups -OCH3 is 1. The molecule has 1 aliphatic heterocycles. The minimum absolute atomic E-state index is 0.269. The maximum absolute atomic E-state index is 12.2. The minimum atomic E-state index is -0.298. The molecule has 2 N–H and O–H groups in total. The molecule has 0 saturated heterocycles. The number of carbonyl (C=O) groups is 3. The zero-order chi connectivity index (χ0) is 19.2. The van der Waals surface area contributed by atoms with E-state index in [4.69, 9.17) is 4.74 Å². The molecule has 0 fully saturated rings. The minimum Gasteiger partial charge on any atom is -0.497 e. The summed E-state index contributed by atoms with van der Waals surface area (Å²) in [4.78, 5) is 37.5. The van der Waals surface area contributed by atoms with E-state index in [1.54, 1.807) is 31.4 Å². The van der Waals surface area contributed by atoms with Gasteiger partial charge in [0, 0.05) is 19.6 Å². The quantitative estimate of drug-likeness (QED) is 0.580.